The summed E-state index contributed by atoms with van der Waals surface area (Å²) in [6.45, 7) is 4.90. The normalized spacial score (nSPS) is 15.6. The van der Waals surface area contributed by atoms with E-state index >= 15 is 0 Å². The Kier molecular flexibility index (Phi) is 4.16. The first kappa shape index (κ1) is 14.4. The third kappa shape index (κ3) is 2.93. The quantitative estimate of drug-likeness (QED) is 0.789. The number of hydrogen-bond acceptors (Lipinski definition) is 2. The van der Waals surface area contributed by atoms with Crippen molar-refractivity contribution in [3.05, 3.63) is 34.9 Å². The summed E-state index contributed by atoms with van der Waals surface area (Å²) in [5.41, 5.74) is 0.273. The summed E-state index contributed by atoms with van der Waals surface area (Å²) < 4.78 is 0. The number of amidine groups is 1. The fourth-order valence-corrected chi connectivity index (χ4v) is 2.25. The van der Waals surface area contributed by atoms with E-state index in [0.29, 0.717) is 23.9 Å². The molecule has 1 heterocycles. The Morgan fingerprint density at radius 1 is 1.47 bits per heavy atom. The SMILES string of the molecule is CC(C)(CCl)C(=O)N1CCN=C1c1cccc(Cl)c1. The van der Waals surface area contributed by atoms with Crippen LogP contribution < -0.4 is 0 Å². The Morgan fingerprint density at radius 2 is 2.21 bits per heavy atom. The van der Waals surface area contributed by atoms with Gasteiger partial charge in [-0.25, -0.2) is 0 Å². The van der Waals surface area contributed by atoms with Crippen LogP contribution in [0.4, 0.5) is 0 Å². The topological polar surface area (TPSA) is 32.7 Å². The van der Waals surface area contributed by atoms with Crippen molar-refractivity contribution in [3.8, 4) is 0 Å². The van der Waals surface area contributed by atoms with Crippen LogP contribution in [0.2, 0.25) is 5.02 Å². The Morgan fingerprint density at radius 3 is 2.84 bits per heavy atom. The molecule has 0 bridgehead atoms. The number of carbonyl (C=O) groups is 1. The minimum absolute atomic E-state index is 0.00118. The standard InChI is InChI=1S/C14H16Cl2N2O/c1-14(2,9-15)13(19)18-7-6-17-12(18)10-4-3-5-11(16)8-10/h3-5,8H,6-7,9H2,1-2H3. The van der Waals surface area contributed by atoms with Gasteiger partial charge in [0.2, 0.25) is 5.91 Å². The summed E-state index contributed by atoms with van der Waals surface area (Å²) in [5.74, 6) is 0.968. The van der Waals surface area contributed by atoms with E-state index in [9.17, 15) is 4.79 Å². The Bertz CT molecular complexity index is 526. The largest absolute Gasteiger partial charge is 0.294 e. The number of alkyl halides is 1. The summed E-state index contributed by atoms with van der Waals surface area (Å²) in [5, 5.41) is 0.635. The van der Waals surface area contributed by atoms with Crippen LogP contribution in [0.25, 0.3) is 0 Å². The van der Waals surface area contributed by atoms with Crippen molar-refractivity contribution in [1.82, 2.24) is 4.90 Å². The minimum Gasteiger partial charge on any atom is -0.294 e. The van der Waals surface area contributed by atoms with Crippen LogP contribution >= 0.6 is 23.2 Å². The van der Waals surface area contributed by atoms with Crippen molar-refractivity contribution < 1.29 is 4.79 Å². The van der Waals surface area contributed by atoms with Gasteiger partial charge in [-0.05, 0) is 26.0 Å². The summed E-state index contributed by atoms with van der Waals surface area (Å²) >= 11 is 11.9. The lowest BCUT2D eigenvalue weighted by Crippen LogP contribution is -2.44. The predicted molar refractivity (Wildman–Crippen MR) is 79.1 cm³/mol. The van der Waals surface area contributed by atoms with Gasteiger partial charge in [0.25, 0.3) is 0 Å². The smallest absolute Gasteiger partial charge is 0.235 e. The van der Waals surface area contributed by atoms with Gasteiger partial charge in [0.1, 0.15) is 5.84 Å². The predicted octanol–water partition coefficient (Wildman–Crippen LogP) is 3.19. The summed E-state index contributed by atoms with van der Waals surface area (Å²) in [6.07, 6.45) is 0. The van der Waals surface area contributed by atoms with Crippen molar-refractivity contribution in [1.29, 1.82) is 0 Å². The Labute approximate surface area is 123 Å². The fraction of sp³-hybridized carbons (Fsp3) is 0.429. The molecule has 0 unspecified atom stereocenters. The van der Waals surface area contributed by atoms with Crippen molar-refractivity contribution in [2.45, 2.75) is 13.8 Å². The number of amides is 1. The molecule has 1 aromatic rings. The van der Waals surface area contributed by atoms with Gasteiger partial charge >= 0.3 is 0 Å². The van der Waals surface area contributed by atoms with Crippen molar-refractivity contribution in [2.24, 2.45) is 10.4 Å². The van der Waals surface area contributed by atoms with Gasteiger partial charge in [-0.2, -0.15) is 0 Å². The van der Waals surface area contributed by atoms with Crippen LogP contribution in [0.5, 0.6) is 0 Å². The zero-order valence-electron chi connectivity index (χ0n) is 11.0. The van der Waals surface area contributed by atoms with Crippen LogP contribution in [0, 0.1) is 5.41 Å². The van der Waals surface area contributed by atoms with Crippen molar-refractivity contribution in [3.63, 3.8) is 0 Å². The fourth-order valence-electron chi connectivity index (χ4n) is 1.94. The molecular weight excluding hydrogens is 283 g/mol. The molecule has 0 aliphatic carbocycles. The van der Waals surface area contributed by atoms with Gasteiger partial charge in [-0.3, -0.25) is 14.7 Å². The molecule has 0 N–H and O–H groups in total. The van der Waals surface area contributed by atoms with Gasteiger partial charge in [-0.15, -0.1) is 11.6 Å². The van der Waals surface area contributed by atoms with Crippen molar-refractivity contribution >= 4 is 34.9 Å². The van der Waals surface area contributed by atoms with E-state index in [4.69, 9.17) is 23.2 Å². The van der Waals surface area contributed by atoms with Crippen LogP contribution in [-0.4, -0.2) is 35.6 Å². The molecule has 0 fully saturated rings. The second-order valence-electron chi connectivity index (χ2n) is 5.19. The lowest BCUT2D eigenvalue weighted by Gasteiger charge is -2.28. The highest BCUT2D eigenvalue weighted by Gasteiger charge is 2.35. The van der Waals surface area contributed by atoms with E-state index in [1.165, 1.54) is 0 Å². The Balaban J connectivity index is 2.29. The molecule has 1 aliphatic heterocycles. The summed E-state index contributed by atoms with van der Waals surface area (Å²) in [4.78, 5) is 18.6. The van der Waals surface area contributed by atoms with E-state index in [-0.39, 0.29) is 11.8 Å². The van der Waals surface area contributed by atoms with E-state index in [1.54, 1.807) is 11.0 Å². The van der Waals surface area contributed by atoms with Gasteiger partial charge in [0.05, 0.1) is 12.0 Å². The number of nitrogens with zero attached hydrogens (tertiary/aromatic N) is 2. The second kappa shape index (κ2) is 5.51. The summed E-state index contributed by atoms with van der Waals surface area (Å²) in [7, 11) is 0. The molecule has 0 radical (unpaired) electrons. The summed E-state index contributed by atoms with van der Waals surface area (Å²) in [6, 6.07) is 7.38. The number of hydrogen-bond donors (Lipinski definition) is 0. The van der Waals surface area contributed by atoms with E-state index < -0.39 is 5.41 Å². The minimum atomic E-state index is -0.592. The zero-order valence-corrected chi connectivity index (χ0v) is 12.5. The second-order valence-corrected chi connectivity index (χ2v) is 5.89. The molecule has 5 heteroatoms. The molecule has 0 atom stereocenters. The number of halogens is 2. The third-order valence-corrected chi connectivity index (χ3v) is 3.99. The third-order valence-electron chi connectivity index (χ3n) is 3.08. The first-order valence-electron chi connectivity index (χ1n) is 6.14. The molecular formula is C14H16Cl2N2O. The Hall–Kier alpha value is -1.06. The average Bonchev–Trinajstić information content (AvgIpc) is 2.86. The van der Waals surface area contributed by atoms with Gasteiger partial charge in [-0.1, -0.05) is 23.7 Å². The number of carbonyl (C=O) groups excluding carboxylic acids is 1. The van der Waals surface area contributed by atoms with Gasteiger partial charge in [0.15, 0.2) is 0 Å². The van der Waals surface area contributed by atoms with E-state index in [0.717, 1.165) is 5.56 Å². The monoisotopic (exact) mass is 298 g/mol. The molecule has 3 nitrogen and oxygen atoms in total. The molecule has 1 aliphatic rings. The van der Waals surface area contributed by atoms with Crippen LogP contribution in [0.15, 0.2) is 29.3 Å². The van der Waals surface area contributed by atoms with Gasteiger partial charge in [0, 0.05) is 23.0 Å². The maximum Gasteiger partial charge on any atom is 0.235 e. The highest BCUT2D eigenvalue weighted by molar-refractivity contribution is 6.31. The lowest BCUT2D eigenvalue weighted by atomic mass is 9.94. The molecule has 0 aromatic heterocycles. The molecule has 102 valence electrons. The maximum absolute atomic E-state index is 12.5. The number of aliphatic imine (C=N–C) groups is 1. The molecule has 0 saturated carbocycles. The molecule has 1 amide bonds. The van der Waals surface area contributed by atoms with Crippen LogP contribution in [0.1, 0.15) is 19.4 Å². The van der Waals surface area contributed by atoms with E-state index in [2.05, 4.69) is 4.99 Å². The molecule has 0 saturated heterocycles. The molecule has 1 aromatic carbocycles. The average molecular weight is 299 g/mol. The van der Waals surface area contributed by atoms with Crippen LogP contribution in [0.3, 0.4) is 0 Å². The molecule has 2 rings (SSSR count). The number of rotatable bonds is 3. The molecule has 0 spiro atoms. The number of benzene rings is 1. The molecule has 19 heavy (non-hydrogen) atoms. The maximum atomic E-state index is 12.5. The zero-order chi connectivity index (χ0) is 14.0. The first-order valence-corrected chi connectivity index (χ1v) is 7.05. The lowest BCUT2D eigenvalue weighted by molar-refractivity contribution is -0.134. The highest BCUT2D eigenvalue weighted by atomic mass is 35.5. The van der Waals surface area contributed by atoms with E-state index in [1.807, 2.05) is 32.0 Å². The van der Waals surface area contributed by atoms with Gasteiger partial charge < -0.3 is 0 Å². The van der Waals surface area contributed by atoms with Crippen LogP contribution in [-0.2, 0) is 4.79 Å². The highest BCUT2D eigenvalue weighted by Crippen LogP contribution is 2.24. The van der Waals surface area contributed by atoms with Crippen molar-refractivity contribution in [2.75, 3.05) is 19.0 Å². The first-order chi connectivity index (χ1) is 8.95.